The Morgan fingerprint density at radius 3 is 2.52 bits per heavy atom. The van der Waals surface area contributed by atoms with Crippen LogP contribution in [0.1, 0.15) is 87.9 Å². The fourth-order valence-corrected chi connectivity index (χ4v) is 5.25. The second-order valence-corrected chi connectivity index (χ2v) is 9.75. The number of nitrogens with zero attached hydrogens (tertiary/aromatic N) is 1. The van der Waals surface area contributed by atoms with Gasteiger partial charge in [0, 0.05) is 24.6 Å². The van der Waals surface area contributed by atoms with Crippen LogP contribution in [0.3, 0.4) is 0 Å². The molecule has 2 aliphatic rings. The van der Waals surface area contributed by atoms with Crippen LogP contribution in [0, 0.1) is 6.92 Å². The van der Waals surface area contributed by atoms with E-state index in [2.05, 4.69) is 4.90 Å². The van der Waals surface area contributed by atoms with Gasteiger partial charge in [-0.25, -0.2) is 0 Å². The maximum absolute atomic E-state index is 13.0. The first-order valence-electron chi connectivity index (χ1n) is 12.7. The van der Waals surface area contributed by atoms with Gasteiger partial charge in [0.1, 0.15) is 17.1 Å². The maximum atomic E-state index is 13.0. The van der Waals surface area contributed by atoms with Gasteiger partial charge in [-0.1, -0.05) is 32.1 Å². The Morgan fingerprint density at radius 1 is 1.03 bits per heavy atom. The van der Waals surface area contributed by atoms with E-state index in [9.17, 15) is 9.90 Å². The Labute approximate surface area is 203 Å². The van der Waals surface area contributed by atoms with E-state index in [0.717, 1.165) is 75.2 Å². The molecule has 0 atom stereocenters. The van der Waals surface area contributed by atoms with E-state index in [4.69, 9.17) is 9.15 Å². The quantitative estimate of drug-likeness (QED) is 0.451. The molecule has 2 fully saturated rings. The molecule has 0 radical (unpaired) electrons. The predicted octanol–water partition coefficient (Wildman–Crippen LogP) is 5.97. The molecule has 2 heterocycles. The lowest BCUT2D eigenvalue weighted by Gasteiger charge is -2.29. The zero-order chi connectivity index (χ0) is 22.3. The van der Waals surface area contributed by atoms with Crippen LogP contribution < -0.4 is 10.2 Å². The summed E-state index contributed by atoms with van der Waals surface area (Å²) in [5, 5.41) is 10.2. The molecule has 6 heteroatoms. The number of halogens is 1. The lowest BCUT2D eigenvalue weighted by atomic mass is 9.85. The highest BCUT2D eigenvalue weighted by Gasteiger charge is 2.22. The van der Waals surface area contributed by atoms with Crippen molar-refractivity contribution in [1.29, 1.82) is 0 Å². The third-order valence-electron chi connectivity index (χ3n) is 7.30. The Hall–Kier alpha value is -1.56. The molecule has 1 saturated heterocycles. The van der Waals surface area contributed by atoms with E-state index in [0.29, 0.717) is 23.5 Å². The molecule has 1 N–H and O–H groups in total. The minimum Gasteiger partial charge on any atom is -0.494 e. The number of aliphatic hydroxyl groups excluding tert-OH is 1. The molecule has 4 rings (SSSR count). The second-order valence-electron chi connectivity index (χ2n) is 9.75. The topological polar surface area (TPSA) is 62.9 Å². The molecule has 0 bridgehead atoms. The number of hydrogen-bond donors (Lipinski definition) is 1. The van der Waals surface area contributed by atoms with Crippen LogP contribution in [-0.2, 0) is 0 Å². The fraction of sp³-hybridized carbons (Fsp3) is 0.667. The molecule has 2 aromatic rings. The lowest BCUT2D eigenvalue weighted by molar-refractivity contribution is 0.0817. The molecule has 1 saturated carbocycles. The van der Waals surface area contributed by atoms with Crippen LogP contribution in [0.4, 0.5) is 0 Å². The Kier molecular flexibility index (Phi) is 10.1. The van der Waals surface area contributed by atoms with Crippen molar-refractivity contribution in [3.8, 4) is 5.75 Å². The van der Waals surface area contributed by atoms with Gasteiger partial charge in [-0.2, -0.15) is 0 Å². The molecule has 5 nitrogen and oxygen atoms in total. The normalized spacial score (nSPS) is 18.4. The summed E-state index contributed by atoms with van der Waals surface area (Å²) in [7, 11) is 0. The van der Waals surface area contributed by atoms with Crippen molar-refractivity contribution in [1.82, 2.24) is 4.90 Å². The number of hydrogen-bond acceptors (Lipinski definition) is 5. The monoisotopic (exact) mass is 477 g/mol. The smallest absolute Gasteiger partial charge is 0.195 e. The van der Waals surface area contributed by atoms with Gasteiger partial charge in [0.15, 0.2) is 5.43 Å². The van der Waals surface area contributed by atoms with E-state index in [1.165, 1.54) is 32.1 Å². The van der Waals surface area contributed by atoms with Crippen molar-refractivity contribution in [2.75, 3.05) is 26.2 Å². The van der Waals surface area contributed by atoms with E-state index < -0.39 is 0 Å². The summed E-state index contributed by atoms with van der Waals surface area (Å²) in [6.07, 6.45) is 12.3. The Bertz CT molecular complexity index is 930. The molecule has 184 valence electrons. The number of rotatable bonds is 9. The summed E-state index contributed by atoms with van der Waals surface area (Å²) in [6, 6.07) is 5.67. The van der Waals surface area contributed by atoms with Crippen molar-refractivity contribution in [2.24, 2.45) is 0 Å². The standard InChI is InChI=1S/C27H39NO4.ClH/c1-20-26(30)24-19-23(11-12-25(24)32-27(20)21-9-5-4-6-10-21)31-18-8-3-2-7-15-28-16-13-22(29)14-17-28;/h11-12,19,21-22,29H,2-10,13-18H2,1H3;1H. The summed E-state index contributed by atoms with van der Waals surface area (Å²) < 4.78 is 12.2. The lowest BCUT2D eigenvalue weighted by Crippen LogP contribution is -2.36. The fourth-order valence-electron chi connectivity index (χ4n) is 5.25. The number of aliphatic hydroxyl groups is 1. The Balaban J connectivity index is 0.00000306. The van der Waals surface area contributed by atoms with Crippen LogP contribution in [0.5, 0.6) is 5.75 Å². The Morgan fingerprint density at radius 2 is 1.76 bits per heavy atom. The molecule has 1 aromatic heterocycles. The van der Waals surface area contributed by atoms with Gasteiger partial charge in [-0.15, -0.1) is 12.4 Å². The average Bonchev–Trinajstić information content (AvgIpc) is 2.82. The SMILES string of the molecule is Cc1c(C2CCCCC2)oc2ccc(OCCCCCCN3CCC(O)CC3)cc2c1=O.Cl. The molecular weight excluding hydrogens is 438 g/mol. The van der Waals surface area contributed by atoms with Crippen LogP contribution in [-0.4, -0.2) is 42.4 Å². The molecule has 1 aromatic carbocycles. The van der Waals surface area contributed by atoms with Crippen molar-refractivity contribution >= 4 is 23.4 Å². The first-order valence-corrected chi connectivity index (χ1v) is 12.7. The summed E-state index contributed by atoms with van der Waals surface area (Å²) in [5.74, 6) is 2.04. The summed E-state index contributed by atoms with van der Waals surface area (Å²) in [6.45, 7) is 5.78. The zero-order valence-corrected chi connectivity index (χ0v) is 20.8. The number of ether oxygens (including phenoxy) is 1. The predicted molar refractivity (Wildman–Crippen MR) is 136 cm³/mol. The van der Waals surface area contributed by atoms with Gasteiger partial charge in [-0.3, -0.25) is 4.79 Å². The molecule has 1 aliphatic carbocycles. The van der Waals surface area contributed by atoms with E-state index >= 15 is 0 Å². The van der Waals surface area contributed by atoms with Gasteiger partial charge < -0.3 is 19.2 Å². The van der Waals surface area contributed by atoms with Gasteiger partial charge in [0.2, 0.25) is 0 Å². The number of unbranched alkanes of at least 4 members (excludes halogenated alkanes) is 3. The number of likely N-dealkylation sites (tertiary alicyclic amines) is 1. The minimum atomic E-state index is -0.0901. The van der Waals surface area contributed by atoms with Crippen LogP contribution in [0.15, 0.2) is 27.4 Å². The van der Waals surface area contributed by atoms with Gasteiger partial charge in [0.05, 0.1) is 18.1 Å². The highest BCUT2D eigenvalue weighted by Crippen LogP contribution is 2.35. The van der Waals surface area contributed by atoms with Crippen molar-refractivity contribution in [2.45, 2.75) is 89.6 Å². The molecule has 0 unspecified atom stereocenters. The highest BCUT2D eigenvalue weighted by atomic mass is 35.5. The van der Waals surface area contributed by atoms with E-state index in [1.807, 2.05) is 25.1 Å². The first kappa shape index (κ1) is 26.1. The third-order valence-corrected chi connectivity index (χ3v) is 7.30. The van der Waals surface area contributed by atoms with E-state index in [-0.39, 0.29) is 23.9 Å². The largest absolute Gasteiger partial charge is 0.494 e. The van der Waals surface area contributed by atoms with Crippen LogP contribution in [0.2, 0.25) is 0 Å². The second kappa shape index (κ2) is 12.8. The summed E-state index contributed by atoms with van der Waals surface area (Å²) >= 11 is 0. The van der Waals surface area contributed by atoms with Crippen molar-refractivity contribution in [3.63, 3.8) is 0 Å². The molecule has 1 aliphatic heterocycles. The van der Waals surface area contributed by atoms with Crippen molar-refractivity contribution < 1.29 is 14.3 Å². The van der Waals surface area contributed by atoms with Gasteiger partial charge >= 0.3 is 0 Å². The number of piperidine rings is 1. The van der Waals surface area contributed by atoms with Crippen molar-refractivity contribution in [3.05, 3.63) is 39.7 Å². The van der Waals surface area contributed by atoms with Crippen LogP contribution in [0.25, 0.3) is 11.0 Å². The summed E-state index contributed by atoms with van der Waals surface area (Å²) in [4.78, 5) is 15.5. The average molecular weight is 478 g/mol. The maximum Gasteiger partial charge on any atom is 0.195 e. The molecular formula is C27H40ClNO4. The van der Waals surface area contributed by atoms with Crippen LogP contribution >= 0.6 is 12.4 Å². The summed E-state index contributed by atoms with van der Waals surface area (Å²) in [5.41, 5.74) is 1.53. The minimum absolute atomic E-state index is 0. The number of benzene rings is 1. The third kappa shape index (κ3) is 6.97. The first-order chi connectivity index (χ1) is 15.6. The van der Waals surface area contributed by atoms with E-state index in [1.54, 1.807) is 0 Å². The molecule has 0 spiro atoms. The molecule has 0 amide bonds. The zero-order valence-electron chi connectivity index (χ0n) is 20.0. The highest BCUT2D eigenvalue weighted by molar-refractivity contribution is 5.85. The molecule has 33 heavy (non-hydrogen) atoms. The van der Waals surface area contributed by atoms with Gasteiger partial charge in [0.25, 0.3) is 0 Å². The van der Waals surface area contributed by atoms with Gasteiger partial charge in [-0.05, 0) is 70.2 Å². The number of fused-ring (bicyclic) bond motifs is 1.